The Hall–Kier alpha value is -0.670. The number of rotatable bonds is 4. The van der Waals surface area contributed by atoms with Crippen molar-refractivity contribution in [3.05, 3.63) is 45.7 Å². The fraction of sp³-hybridized carbons (Fsp3) is 0.333. The average Bonchev–Trinajstić information content (AvgIpc) is 2.18. The van der Waals surface area contributed by atoms with Crippen LogP contribution in [0.3, 0.4) is 0 Å². The molecule has 0 aliphatic rings. The molecule has 0 saturated carbocycles. The lowest BCUT2D eigenvalue weighted by atomic mass is 10.2. The second-order valence-corrected chi connectivity index (χ2v) is 4.42. The van der Waals surface area contributed by atoms with Gasteiger partial charge in [0.2, 0.25) is 0 Å². The number of allylic oxidation sites excluding steroid dienone is 1. The number of hydrogen-bond donors (Lipinski definition) is 1. The molecule has 0 spiro atoms. The van der Waals surface area contributed by atoms with E-state index in [9.17, 15) is 4.39 Å². The second kappa shape index (κ2) is 6.03. The van der Waals surface area contributed by atoms with Crippen LogP contribution in [-0.2, 0) is 6.54 Å². The molecule has 0 saturated heterocycles. The third-order valence-electron chi connectivity index (χ3n) is 2.00. The molecule has 0 bridgehead atoms. The second-order valence-electron chi connectivity index (χ2n) is 3.63. The maximum absolute atomic E-state index is 13.1. The lowest BCUT2D eigenvalue weighted by molar-refractivity contribution is 0.615. The molecule has 0 atom stereocenters. The molecule has 1 nitrogen and oxygen atoms in total. The molecule has 1 N–H and O–H groups in total. The van der Waals surface area contributed by atoms with Crippen LogP contribution in [0, 0.1) is 5.82 Å². The van der Waals surface area contributed by atoms with E-state index in [1.54, 1.807) is 6.07 Å². The summed E-state index contributed by atoms with van der Waals surface area (Å²) in [4.78, 5) is 0. The van der Waals surface area contributed by atoms with Crippen LogP contribution in [0.2, 0.25) is 0 Å². The first kappa shape index (κ1) is 12.4. The van der Waals surface area contributed by atoms with Crippen molar-refractivity contribution in [3.8, 4) is 0 Å². The van der Waals surface area contributed by atoms with E-state index >= 15 is 0 Å². The highest BCUT2D eigenvalue weighted by atomic mass is 79.9. The Morgan fingerprint density at radius 2 is 2.20 bits per heavy atom. The SMILES string of the molecule is CC(C)=CCNCc1cccc(F)c1Br. The van der Waals surface area contributed by atoms with Crippen molar-refractivity contribution in [1.29, 1.82) is 0 Å². The maximum atomic E-state index is 13.1. The minimum absolute atomic E-state index is 0.212. The standard InChI is InChI=1S/C12H15BrFN/c1-9(2)6-7-15-8-10-4-3-5-11(14)12(10)13/h3-6,15H,7-8H2,1-2H3. The smallest absolute Gasteiger partial charge is 0.137 e. The van der Waals surface area contributed by atoms with Crippen molar-refractivity contribution in [3.63, 3.8) is 0 Å². The van der Waals surface area contributed by atoms with Gasteiger partial charge in [0.25, 0.3) is 0 Å². The highest BCUT2D eigenvalue weighted by Gasteiger charge is 2.03. The van der Waals surface area contributed by atoms with E-state index < -0.39 is 0 Å². The Balaban J connectivity index is 2.51. The first-order chi connectivity index (χ1) is 7.11. The molecule has 0 amide bonds. The summed E-state index contributed by atoms with van der Waals surface area (Å²) < 4.78 is 13.7. The molecule has 82 valence electrons. The van der Waals surface area contributed by atoms with Gasteiger partial charge in [0.15, 0.2) is 0 Å². The Kier molecular flexibility index (Phi) is 4.99. The minimum Gasteiger partial charge on any atom is -0.309 e. The molecule has 0 aromatic heterocycles. The summed E-state index contributed by atoms with van der Waals surface area (Å²) in [5, 5.41) is 3.23. The predicted molar refractivity (Wildman–Crippen MR) is 65.2 cm³/mol. The summed E-state index contributed by atoms with van der Waals surface area (Å²) >= 11 is 3.23. The van der Waals surface area contributed by atoms with Crippen molar-refractivity contribution in [1.82, 2.24) is 5.32 Å². The van der Waals surface area contributed by atoms with Crippen molar-refractivity contribution < 1.29 is 4.39 Å². The first-order valence-corrected chi connectivity index (χ1v) is 5.67. The third kappa shape index (κ3) is 4.14. The molecule has 1 aromatic carbocycles. The van der Waals surface area contributed by atoms with E-state index in [4.69, 9.17) is 0 Å². The molecule has 0 radical (unpaired) electrons. The van der Waals surface area contributed by atoms with Crippen molar-refractivity contribution in [2.75, 3.05) is 6.54 Å². The molecule has 1 rings (SSSR count). The van der Waals surface area contributed by atoms with E-state index in [-0.39, 0.29) is 5.82 Å². The van der Waals surface area contributed by atoms with Gasteiger partial charge < -0.3 is 5.32 Å². The van der Waals surface area contributed by atoms with Gasteiger partial charge in [-0.05, 0) is 41.4 Å². The molecule has 0 heterocycles. The van der Waals surface area contributed by atoms with Crippen molar-refractivity contribution in [2.24, 2.45) is 0 Å². The molecule has 3 heteroatoms. The van der Waals surface area contributed by atoms with Gasteiger partial charge >= 0.3 is 0 Å². The Labute approximate surface area is 98.5 Å². The number of hydrogen-bond acceptors (Lipinski definition) is 1. The fourth-order valence-electron chi connectivity index (χ4n) is 1.17. The zero-order valence-electron chi connectivity index (χ0n) is 8.98. The van der Waals surface area contributed by atoms with Crippen LogP contribution in [0.15, 0.2) is 34.3 Å². The Bertz CT molecular complexity index is 357. The topological polar surface area (TPSA) is 12.0 Å². The summed E-state index contributed by atoms with van der Waals surface area (Å²) in [6.45, 7) is 5.59. The van der Waals surface area contributed by atoms with Gasteiger partial charge in [-0.25, -0.2) is 4.39 Å². The van der Waals surface area contributed by atoms with Crippen LogP contribution in [-0.4, -0.2) is 6.54 Å². The quantitative estimate of drug-likeness (QED) is 0.651. The summed E-state index contributed by atoms with van der Waals surface area (Å²) in [7, 11) is 0. The normalized spacial score (nSPS) is 10.1. The van der Waals surface area contributed by atoms with Gasteiger partial charge in [0.05, 0.1) is 4.47 Å². The van der Waals surface area contributed by atoms with Crippen LogP contribution in [0.1, 0.15) is 19.4 Å². The van der Waals surface area contributed by atoms with E-state index in [2.05, 4.69) is 41.2 Å². The van der Waals surface area contributed by atoms with Crippen LogP contribution >= 0.6 is 15.9 Å². The lowest BCUT2D eigenvalue weighted by Gasteiger charge is -2.05. The molecule has 0 unspecified atom stereocenters. The average molecular weight is 272 g/mol. The van der Waals surface area contributed by atoms with Crippen molar-refractivity contribution in [2.45, 2.75) is 20.4 Å². The Morgan fingerprint density at radius 3 is 2.87 bits per heavy atom. The Morgan fingerprint density at radius 1 is 1.47 bits per heavy atom. The van der Waals surface area contributed by atoms with Crippen LogP contribution < -0.4 is 5.32 Å². The molecule has 0 aliphatic carbocycles. The van der Waals surface area contributed by atoms with E-state index in [1.807, 2.05) is 6.07 Å². The number of nitrogens with one attached hydrogen (secondary N) is 1. The predicted octanol–water partition coefficient (Wildman–Crippen LogP) is 3.64. The van der Waals surface area contributed by atoms with Crippen molar-refractivity contribution >= 4 is 15.9 Å². The monoisotopic (exact) mass is 271 g/mol. The first-order valence-electron chi connectivity index (χ1n) is 4.88. The molecular formula is C12H15BrFN. The molecule has 0 aliphatic heterocycles. The summed E-state index contributed by atoms with van der Waals surface area (Å²) in [5.74, 6) is -0.212. The number of benzene rings is 1. The molecule has 1 aromatic rings. The summed E-state index contributed by atoms with van der Waals surface area (Å²) in [6.07, 6.45) is 2.10. The highest BCUT2D eigenvalue weighted by Crippen LogP contribution is 2.19. The van der Waals surface area contributed by atoms with Gasteiger partial charge in [-0.1, -0.05) is 23.8 Å². The summed E-state index contributed by atoms with van der Waals surface area (Å²) in [5.41, 5.74) is 2.22. The van der Waals surface area contributed by atoms with E-state index in [0.717, 1.165) is 12.1 Å². The molecular weight excluding hydrogens is 257 g/mol. The van der Waals surface area contributed by atoms with E-state index in [1.165, 1.54) is 11.6 Å². The van der Waals surface area contributed by atoms with Gasteiger partial charge in [0, 0.05) is 13.1 Å². The van der Waals surface area contributed by atoms with Gasteiger partial charge in [-0.3, -0.25) is 0 Å². The molecule has 15 heavy (non-hydrogen) atoms. The largest absolute Gasteiger partial charge is 0.309 e. The number of halogens is 2. The minimum atomic E-state index is -0.212. The maximum Gasteiger partial charge on any atom is 0.137 e. The fourth-order valence-corrected chi connectivity index (χ4v) is 1.57. The van der Waals surface area contributed by atoms with Gasteiger partial charge in [-0.15, -0.1) is 0 Å². The van der Waals surface area contributed by atoms with Crippen LogP contribution in [0.25, 0.3) is 0 Å². The van der Waals surface area contributed by atoms with Gasteiger partial charge in [-0.2, -0.15) is 0 Å². The van der Waals surface area contributed by atoms with E-state index in [0.29, 0.717) is 11.0 Å². The zero-order chi connectivity index (χ0) is 11.3. The molecule has 0 fully saturated rings. The van der Waals surface area contributed by atoms with Crippen LogP contribution in [0.4, 0.5) is 4.39 Å². The lowest BCUT2D eigenvalue weighted by Crippen LogP contribution is -2.13. The third-order valence-corrected chi connectivity index (χ3v) is 2.89. The zero-order valence-corrected chi connectivity index (χ0v) is 10.6. The van der Waals surface area contributed by atoms with Gasteiger partial charge in [0.1, 0.15) is 5.82 Å². The highest BCUT2D eigenvalue weighted by molar-refractivity contribution is 9.10. The van der Waals surface area contributed by atoms with Crippen LogP contribution in [0.5, 0.6) is 0 Å². The summed E-state index contributed by atoms with van der Waals surface area (Å²) in [6, 6.07) is 5.07.